The molecule has 0 aromatic carbocycles. The molecule has 4 heteroatoms. The van der Waals surface area contributed by atoms with E-state index in [4.69, 9.17) is 5.11 Å². The smallest absolute Gasteiger partial charge is 0.308 e. The molecule has 0 aliphatic rings. The Morgan fingerprint density at radius 3 is 2.67 bits per heavy atom. The van der Waals surface area contributed by atoms with E-state index in [1.54, 1.807) is 11.3 Å². The summed E-state index contributed by atoms with van der Waals surface area (Å²) in [7, 11) is 0. The van der Waals surface area contributed by atoms with E-state index >= 15 is 0 Å². The van der Waals surface area contributed by atoms with Crippen LogP contribution < -0.4 is 5.32 Å². The van der Waals surface area contributed by atoms with Crippen molar-refractivity contribution in [2.75, 3.05) is 0 Å². The zero-order chi connectivity index (χ0) is 13.5. The van der Waals surface area contributed by atoms with Crippen LogP contribution in [0.15, 0.2) is 12.1 Å². The van der Waals surface area contributed by atoms with Gasteiger partial charge in [-0.05, 0) is 31.4 Å². The Bertz CT molecular complexity index is 376. The monoisotopic (exact) mass is 269 g/mol. The summed E-state index contributed by atoms with van der Waals surface area (Å²) in [6.07, 6.45) is 2.53. The molecule has 0 aliphatic carbocycles. The average Bonchev–Trinajstić information content (AvgIpc) is 2.73. The van der Waals surface area contributed by atoms with Gasteiger partial charge in [-0.1, -0.05) is 20.3 Å². The van der Waals surface area contributed by atoms with Gasteiger partial charge in [-0.15, -0.1) is 11.3 Å². The molecule has 1 aromatic rings. The highest BCUT2D eigenvalue weighted by Crippen LogP contribution is 2.17. The molecule has 102 valence electrons. The molecule has 0 fully saturated rings. The largest absolute Gasteiger partial charge is 0.481 e. The second-order valence-electron chi connectivity index (χ2n) is 4.97. The number of aliphatic carboxylic acids is 1. The third kappa shape index (κ3) is 5.65. The fraction of sp³-hybridized carbons (Fsp3) is 0.643. The second-order valence-corrected chi connectivity index (χ2v) is 6.22. The first kappa shape index (κ1) is 15.2. The summed E-state index contributed by atoms with van der Waals surface area (Å²) in [6.45, 7) is 7.53. The number of rotatable bonds is 8. The number of carboxylic acid groups (broad SMARTS) is 1. The fourth-order valence-electron chi connectivity index (χ4n) is 1.89. The molecule has 0 spiro atoms. The van der Waals surface area contributed by atoms with Gasteiger partial charge >= 0.3 is 5.97 Å². The van der Waals surface area contributed by atoms with Crippen LogP contribution in [0.1, 0.15) is 43.4 Å². The maximum absolute atomic E-state index is 10.6. The molecule has 2 N–H and O–H groups in total. The molecule has 1 rings (SSSR count). The third-order valence-corrected chi connectivity index (χ3v) is 4.21. The van der Waals surface area contributed by atoms with Crippen LogP contribution >= 0.6 is 11.3 Å². The summed E-state index contributed by atoms with van der Waals surface area (Å²) >= 11 is 1.58. The maximum atomic E-state index is 10.6. The van der Waals surface area contributed by atoms with Crippen molar-refractivity contribution in [1.82, 2.24) is 5.32 Å². The van der Waals surface area contributed by atoms with Crippen molar-refractivity contribution < 1.29 is 9.90 Å². The lowest BCUT2D eigenvalue weighted by Crippen LogP contribution is -2.26. The molecule has 2 unspecified atom stereocenters. The Hall–Kier alpha value is -0.870. The van der Waals surface area contributed by atoms with Crippen LogP contribution in [0.4, 0.5) is 0 Å². The molecule has 0 radical (unpaired) electrons. The van der Waals surface area contributed by atoms with Gasteiger partial charge in [0.2, 0.25) is 0 Å². The van der Waals surface area contributed by atoms with Gasteiger partial charge in [-0.3, -0.25) is 4.79 Å². The normalized spacial score (nSPS) is 14.4. The fourth-order valence-corrected chi connectivity index (χ4v) is 2.85. The minimum Gasteiger partial charge on any atom is -0.481 e. The SMILES string of the molecule is CCC(C)CC(C)NCc1ccc(CC(=O)O)s1. The highest BCUT2D eigenvalue weighted by atomic mass is 32.1. The Morgan fingerprint density at radius 2 is 2.06 bits per heavy atom. The van der Waals surface area contributed by atoms with Gasteiger partial charge in [-0.2, -0.15) is 0 Å². The van der Waals surface area contributed by atoms with Crippen molar-refractivity contribution in [2.45, 2.75) is 52.6 Å². The lowest BCUT2D eigenvalue weighted by Gasteiger charge is -2.16. The molecule has 0 aliphatic heterocycles. The molecule has 0 amide bonds. The average molecular weight is 269 g/mol. The van der Waals surface area contributed by atoms with E-state index in [2.05, 4.69) is 26.1 Å². The first-order valence-corrected chi connectivity index (χ1v) is 7.35. The van der Waals surface area contributed by atoms with Crippen LogP contribution in [0.25, 0.3) is 0 Å². The molecule has 1 aromatic heterocycles. The van der Waals surface area contributed by atoms with Crippen molar-refractivity contribution in [3.05, 3.63) is 21.9 Å². The van der Waals surface area contributed by atoms with Crippen molar-refractivity contribution in [3.63, 3.8) is 0 Å². The van der Waals surface area contributed by atoms with E-state index in [1.165, 1.54) is 17.7 Å². The topological polar surface area (TPSA) is 49.3 Å². The zero-order valence-corrected chi connectivity index (χ0v) is 12.2. The summed E-state index contributed by atoms with van der Waals surface area (Å²) in [5.74, 6) is -0.0140. The molecule has 1 heterocycles. The number of carboxylic acids is 1. The molecule has 2 atom stereocenters. The standard InChI is InChI=1S/C14H23NO2S/c1-4-10(2)7-11(3)15-9-13-6-5-12(18-13)8-14(16)17/h5-6,10-11,15H,4,7-9H2,1-3H3,(H,16,17). The number of hydrogen-bond donors (Lipinski definition) is 2. The molecular formula is C14H23NO2S. The van der Waals surface area contributed by atoms with Gasteiger partial charge in [0, 0.05) is 22.3 Å². The summed E-state index contributed by atoms with van der Waals surface area (Å²) in [4.78, 5) is 12.7. The Kier molecular flexibility index (Phi) is 6.36. The lowest BCUT2D eigenvalue weighted by molar-refractivity contribution is -0.136. The Labute approximate surface area is 113 Å². The third-order valence-electron chi connectivity index (χ3n) is 3.12. The van der Waals surface area contributed by atoms with Crippen LogP contribution in [0.5, 0.6) is 0 Å². The van der Waals surface area contributed by atoms with Crippen LogP contribution in [0, 0.1) is 5.92 Å². The van der Waals surface area contributed by atoms with Crippen LogP contribution in [-0.2, 0) is 17.8 Å². The van der Waals surface area contributed by atoms with Crippen LogP contribution in [0.3, 0.4) is 0 Å². The van der Waals surface area contributed by atoms with E-state index in [9.17, 15) is 4.79 Å². The molecule has 0 saturated carbocycles. The quantitative estimate of drug-likeness (QED) is 0.761. The maximum Gasteiger partial charge on any atom is 0.308 e. The Morgan fingerprint density at radius 1 is 1.39 bits per heavy atom. The van der Waals surface area contributed by atoms with Crippen LogP contribution in [0.2, 0.25) is 0 Å². The van der Waals surface area contributed by atoms with E-state index < -0.39 is 5.97 Å². The number of thiophene rings is 1. The molecule has 0 bridgehead atoms. The minimum atomic E-state index is -0.763. The molecular weight excluding hydrogens is 246 g/mol. The molecule has 0 saturated heterocycles. The van der Waals surface area contributed by atoms with E-state index in [0.29, 0.717) is 6.04 Å². The first-order valence-electron chi connectivity index (χ1n) is 6.54. The van der Waals surface area contributed by atoms with Crippen molar-refractivity contribution in [1.29, 1.82) is 0 Å². The molecule has 18 heavy (non-hydrogen) atoms. The summed E-state index contributed by atoms with van der Waals surface area (Å²) in [6, 6.07) is 4.44. The van der Waals surface area contributed by atoms with Gasteiger partial charge in [0.25, 0.3) is 0 Å². The summed E-state index contributed by atoms with van der Waals surface area (Å²) < 4.78 is 0. The molecule has 3 nitrogen and oxygen atoms in total. The van der Waals surface area contributed by atoms with Crippen molar-refractivity contribution >= 4 is 17.3 Å². The number of nitrogens with one attached hydrogen (secondary N) is 1. The van der Waals surface area contributed by atoms with Gasteiger partial charge in [0.15, 0.2) is 0 Å². The van der Waals surface area contributed by atoms with Crippen molar-refractivity contribution in [3.8, 4) is 0 Å². The lowest BCUT2D eigenvalue weighted by atomic mass is 10.0. The highest BCUT2D eigenvalue weighted by Gasteiger charge is 2.08. The minimum absolute atomic E-state index is 0.132. The Balaban J connectivity index is 2.34. The van der Waals surface area contributed by atoms with Crippen LogP contribution in [-0.4, -0.2) is 17.1 Å². The van der Waals surface area contributed by atoms with Gasteiger partial charge in [0.05, 0.1) is 6.42 Å². The predicted octanol–water partition coefficient (Wildman–Crippen LogP) is 3.29. The summed E-state index contributed by atoms with van der Waals surface area (Å²) in [5, 5.41) is 12.2. The van der Waals surface area contributed by atoms with Gasteiger partial charge < -0.3 is 10.4 Å². The van der Waals surface area contributed by atoms with E-state index in [-0.39, 0.29) is 6.42 Å². The number of hydrogen-bond acceptors (Lipinski definition) is 3. The van der Waals surface area contributed by atoms with Gasteiger partial charge in [0.1, 0.15) is 0 Å². The van der Waals surface area contributed by atoms with Gasteiger partial charge in [-0.25, -0.2) is 0 Å². The van der Waals surface area contributed by atoms with Crippen molar-refractivity contribution in [2.24, 2.45) is 5.92 Å². The van der Waals surface area contributed by atoms with E-state index in [1.807, 2.05) is 12.1 Å². The predicted molar refractivity (Wildman–Crippen MR) is 76.0 cm³/mol. The zero-order valence-electron chi connectivity index (χ0n) is 11.4. The summed E-state index contributed by atoms with van der Waals surface area (Å²) in [5.41, 5.74) is 0. The highest BCUT2D eigenvalue weighted by molar-refractivity contribution is 7.12. The first-order chi connectivity index (χ1) is 8.51. The second kappa shape index (κ2) is 7.54. The number of carbonyl (C=O) groups is 1. The van der Waals surface area contributed by atoms with E-state index in [0.717, 1.165) is 17.3 Å².